The Bertz CT molecular complexity index is 1070. The number of rotatable bonds is 9. The number of carbonyl (C=O) groups excluding carboxylic acids is 2. The monoisotopic (exact) mass is 422 g/mol. The van der Waals surface area contributed by atoms with Crippen molar-refractivity contribution in [3.8, 4) is 0 Å². The van der Waals surface area contributed by atoms with Crippen LogP contribution in [0.5, 0.6) is 0 Å². The van der Waals surface area contributed by atoms with Crippen molar-refractivity contribution in [1.82, 2.24) is 9.55 Å². The second kappa shape index (κ2) is 9.52. The number of fused-ring (bicyclic) bond motifs is 1. The average Bonchev–Trinajstić information content (AvgIpc) is 3.49. The van der Waals surface area contributed by atoms with E-state index in [4.69, 9.17) is 9.47 Å². The molecule has 3 heterocycles. The summed E-state index contributed by atoms with van der Waals surface area (Å²) in [6.45, 7) is 5.30. The number of ketones is 1. The van der Waals surface area contributed by atoms with Crippen molar-refractivity contribution in [1.29, 1.82) is 0 Å². The zero-order valence-electron chi connectivity index (χ0n) is 18.3. The van der Waals surface area contributed by atoms with Gasteiger partial charge in [0.15, 0.2) is 6.61 Å². The summed E-state index contributed by atoms with van der Waals surface area (Å²) in [6.07, 6.45) is 6.12. The molecule has 1 fully saturated rings. The number of esters is 1. The summed E-state index contributed by atoms with van der Waals surface area (Å²) < 4.78 is 13.1. The summed E-state index contributed by atoms with van der Waals surface area (Å²) in [5.74, 6) is -0.488. The van der Waals surface area contributed by atoms with Gasteiger partial charge in [0.05, 0.1) is 6.10 Å². The van der Waals surface area contributed by atoms with Crippen LogP contribution in [0.15, 0.2) is 36.5 Å². The number of ether oxygens (including phenoxy) is 2. The van der Waals surface area contributed by atoms with Crippen LogP contribution in [0.4, 0.5) is 0 Å². The first-order chi connectivity index (χ1) is 15.0. The van der Waals surface area contributed by atoms with E-state index in [1.807, 2.05) is 44.3 Å². The molecule has 0 amide bonds. The molecule has 3 aromatic rings. The Kier molecular flexibility index (Phi) is 6.56. The van der Waals surface area contributed by atoms with Crippen LogP contribution in [0.2, 0.25) is 0 Å². The molecule has 1 N–H and O–H groups in total. The average molecular weight is 423 g/mol. The highest BCUT2D eigenvalue weighted by molar-refractivity contribution is 5.99. The minimum atomic E-state index is -0.332. The van der Waals surface area contributed by atoms with Gasteiger partial charge in [-0.25, -0.2) is 0 Å². The number of aromatic amines is 1. The summed E-state index contributed by atoms with van der Waals surface area (Å²) in [7, 11) is 0. The van der Waals surface area contributed by atoms with Gasteiger partial charge >= 0.3 is 5.97 Å². The molecule has 1 aliphatic heterocycles. The van der Waals surface area contributed by atoms with Gasteiger partial charge in [0.1, 0.15) is 0 Å². The maximum absolute atomic E-state index is 12.7. The van der Waals surface area contributed by atoms with Gasteiger partial charge in [-0.3, -0.25) is 9.59 Å². The standard InChI is InChI=1S/C25H30N2O4/c1-17-13-22(18(2)27(17)15-20-8-6-12-30-20)24(28)16-31-25(29)11-5-7-19-14-26-23-10-4-3-9-21(19)23/h3-4,9-10,13-14,20,26H,5-8,11-12,15-16H2,1-2H3/t20-/m0/s1. The van der Waals surface area contributed by atoms with Crippen molar-refractivity contribution < 1.29 is 19.1 Å². The van der Waals surface area contributed by atoms with Gasteiger partial charge in [-0.05, 0) is 57.2 Å². The maximum atomic E-state index is 12.7. The fourth-order valence-electron chi connectivity index (χ4n) is 4.41. The lowest BCUT2D eigenvalue weighted by Crippen LogP contribution is -2.18. The third-order valence-corrected chi connectivity index (χ3v) is 6.15. The van der Waals surface area contributed by atoms with Crippen LogP contribution < -0.4 is 0 Å². The molecule has 1 saturated heterocycles. The van der Waals surface area contributed by atoms with Gasteiger partial charge < -0.3 is 19.0 Å². The van der Waals surface area contributed by atoms with Crippen LogP contribution in [-0.2, 0) is 27.2 Å². The number of carbonyl (C=O) groups is 2. The van der Waals surface area contributed by atoms with Crippen LogP contribution >= 0.6 is 0 Å². The van der Waals surface area contributed by atoms with Crippen LogP contribution in [0.25, 0.3) is 10.9 Å². The third kappa shape index (κ3) is 4.90. The van der Waals surface area contributed by atoms with Gasteiger partial charge in [-0.15, -0.1) is 0 Å². The number of aromatic nitrogens is 2. The van der Waals surface area contributed by atoms with Gasteiger partial charge in [0.2, 0.25) is 5.78 Å². The van der Waals surface area contributed by atoms with Crippen molar-refractivity contribution in [2.75, 3.05) is 13.2 Å². The number of hydrogen-bond donors (Lipinski definition) is 1. The van der Waals surface area contributed by atoms with Crippen molar-refractivity contribution in [2.24, 2.45) is 0 Å². The minimum Gasteiger partial charge on any atom is -0.457 e. The largest absolute Gasteiger partial charge is 0.457 e. The summed E-state index contributed by atoms with van der Waals surface area (Å²) >= 11 is 0. The Hall–Kier alpha value is -2.86. The summed E-state index contributed by atoms with van der Waals surface area (Å²) in [5.41, 5.74) is 4.86. The summed E-state index contributed by atoms with van der Waals surface area (Å²) in [4.78, 5) is 28.1. The number of aryl methyl sites for hydroxylation is 2. The zero-order valence-corrected chi connectivity index (χ0v) is 18.3. The molecule has 164 valence electrons. The van der Waals surface area contributed by atoms with E-state index in [0.717, 1.165) is 49.3 Å². The molecule has 6 nitrogen and oxygen atoms in total. The van der Waals surface area contributed by atoms with E-state index in [1.165, 1.54) is 10.9 Å². The lowest BCUT2D eigenvalue weighted by atomic mass is 10.1. The number of para-hydroxylation sites is 1. The van der Waals surface area contributed by atoms with E-state index in [1.54, 1.807) is 0 Å². The Morgan fingerprint density at radius 1 is 1.26 bits per heavy atom. The number of Topliss-reactive ketones (excluding diaryl/α,β-unsaturated/α-hetero) is 1. The molecule has 0 unspecified atom stereocenters. The van der Waals surface area contributed by atoms with E-state index < -0.39 is 0 Å². The van der Waals surface area contributed by atoms with E-state index in [9.17, 15) is 9.59 Å². The smallest absolute Gasteiger partial charge is 0.306 e. The predicted molar refractivity (Wildman–Crippen MR) is 119 cm³/mol. The molecule has 1 aliphatic rings. The molecule has 31 heavy (non-hydrogen) atoms. The first-order valence-electron chi connectivity index (χ1n) is 11.0. The summed E-state index contributed by atoms with van der Waals surface area (Å²) in [6, 6.07) is 10.0. The Labute approximate surface area is 182 Å². The van der Waals surface area contributed by atoms with Gasteiger partial charge in [0, 0.05) is 53.6 Å². The summed E-state index contributed by atoms with van der Waals surface area (Å²) in [5, 5.41) is 1.18. The Balaban J connectivity index is 1.26. The van der Waals surface area contributed by atoms with E-state index in [2.05, 4.69) is 15.6 Å². The normalized spacial score (nSPS) is 16.1. The molecule has 6 heteroatoms. The Morgan fingerprint density at radius 2 is 2.10 bits per heavy atom. The SMILES string of the molecule is Cc1cc(C(=O)COC(=O)CCCc2c[nH]c3ccccc23)c(C)n1C[C@@H]1CCCO1. The lowest BCUT2D eigenvalue weighted by molar-refractivity contribution is -0.142. The van der Waals surface area contributed by atoms with Gasteiger partial charge in [-0.2, -0.15) is 0 Å². The molecule has 0 radical (unpaired) electrons. The molecule has 0 saturated carbocycles. The van der Waals surface area contributed by atoms with Crippen molar-refractivity contribution in [2.45, 2.75) is 58.6 Å². The van der Waals surface area contributed by atoms with Crippen molar-refractivity contribution >= 4 is 22.7 Å². The second-order valence-corrected chi connectivity index (χ2v) is 8.33. The van der Waals surface area contributed by atoms with Crippen LogP contribution in [0.3, 0.4) is 0 Å². The van der Waals surface area contributed by atoms with Gasteiger partial charge in [-0.1, -0.05) is 18.2 Å². The van der Waals surface area contributed by atoms with E-state index >= 15 is 0 Å². The molecule has 0 aliphatic carbocycles. The lowest BCUT2D eigenvalue weighted by Gasteiger charge is -2.14. The number of nitrogens with zero attached hydrogens (tertiary/aromatic N) is 1. The first-order valence-corrected chi connectivity index (χ1v) is 11.0. The first kappa shape index (κ1) is 21.4. The van der Waals surface area contributed by atoms with Crippen molar-refractivity contribution in [3.63, 3.8) is 0 Å². The minimum absolute atomic E-state index is 0.156. The van der Waals surface area contributed by atoms with Crippen molar-refractivity contribution in [3.05, 3.63) is 59.0 Å². The van der Waals surface area contributed by atoms with Gasteiger partial charge in [0.25, 0.3) is 0 Å². The second-order valence-electron chi connectivity index (χ2n) is 8.33. The molecular weight excluding hydrogens is 392 g/mol. The maximum Gasteiger partial charge on any atom is 0.306 e. The number of nitrogens with one attached hydrogen (secondary N) is 1. The fourth-order valence-corrected chi connectivity index (χ4v) is 4.41. The van der Waals surface area contributed by atoms with E-state index in [-0.39, 0.29) is 24.5 Å². The van der Waals surface area contributed by atoms with Crippen LogP contribution in [0, 0.1) is 13.8 Å². The van der Waals surface area contributed by atoms with Crippen LogP contribution in [-0.4, -0.2) is 40.6 Å². The molecule has 1 atom stereocenters. The fraction of sp³-hybridized carbons (Fsp3) is 0.440. The molecule has 0 spiro atoms. The molecular formula is C25H30N2O4. The highest BCUT2D eigenvalue weighted by atomic mass is 16.5. The molecule has 0 bridgehead atoms. The van der Waals surface area contributed by atoms with E-state index in [0.29, 0.717) is 18.4 Å². The highest BCUT2D eigenvalue weighted by Crippen LogP contribution is 2.21. The third-order valence-electron chi connectivity index (χ3n) is 6.15. The quantitative estimate of drug-likeness (QED) is 0.407. The topological polar surface area (TPSA) is 73.3 Å². The zero-order chi connectivity index (χ0) is 21.8. The van der Waals surface area contributed by atoms with Crippen LogP contribution in [0.1, 0.15) is 53.0 Å². The molecule has 1 aromatic carbocycles. The highest BCUT2D eigenvalue weighted by Gasteiger charge is 2.21. The molecule has 2 aromatic heterocycles. The number of benzene rings is 1. The number of H-pyrrole nitrogens is 1. The number of hydrogen-bond acceptors (Lipinski definition) is 4. The Morgan fingerprint density at radius 3 is 2.90 bits per heavy atom. The predicted octanol–water partition coefficient (Wildman–Crippen LogP) is 4.51. The molecule has 4 rings (SSSR count).